The zero-order valence-electron chi connectivity index (χ0n) is 23.8. The third-order valence-electron chi connectivity index (χ3n) is 6.30. The first-order valence-corrected chi connectivity index (χ1v) is 14.0. The SMILES string of the molecule is CC(C)[C@H](CC(=O)[C@H](Cc1ccccc1)NC(=O)/C=C/c1ccc(Cl)c(Cl)c1)C(=O)C(F)(F)C(=O)NCC(C)(C)C. The van der Waals surface area contributed by atoms with Crippen molar-refractivity contribution in [2.24, 2.45) is 17.3 Å². The summed E-state index contributed by atoms with van der Waals surface area (Å²) in [6.07, 6.45) is 2.20. The van der Waals surface area contributed by atoms with Crippen molar-refractivity contribution < 1.29 is 28.0 Å². The standard InChI is InChI=1S/C31H36Cl2F2N2O4/c1-19(2)22(28(40)31(34,35)29(41)36-18-30(3,4)5)17-26(38)25(16-20-9-7-6-8-10-20)37-27(39)14-12-21-11-13-23(32)24(33)15-21/h6-15,19,22,25H,16-18H2,1-5H3,(H,36,41)(H,37,39)/b14-12+/t22-,25-/m0/s1. The molecule has 2 aromatic rings. The summed E-state index contributed by atoms with van der Waals surface area (Å²) in [5, 5.41) is 5.42. The van der Waals surface area contributed by atoms with Crippen LogP contribution >= 0.6 is 23.2 Å². The number of benzene rings is 2. The number of Topliss-reactive ketones (excluding diaryl/α,β-unsaturated/α-hetero) is 2. The van der Waals surface area contributed by atoms with Gasteiger partial charge in [-0.2, -0.15) is 8.78 Å². The van der Waals surface area contributed by atoms with Crippen LogP contribution in [0.1, 0.15) is 52.2 Å². The first kappa shape index (κ1) is 34.1. The molecule has 0 spiro atoms. The van der Waals surface area contributed by atoms with Gasteiger partial charge in [0, 0.05) is 25.0 Å². The molecule has 0 aliphatic heterocycles. The fraction of sp³-hybridized carbons (Fsp3) is 0.419. The predicted molar refractivity (Wildman–Crippen MR) is 158 cm³/mol. The number of hydrogen-bond donors (Lipinski definition) is 2. The van der Waals surface area contributed by atoms with Crippen molar-refractivity contribution in [3.63, 3.8) is 0 Å². The molecule has 0 saturated heterocycles. The van der Waals surface area contributed by atoms with E-state index in [0.29, 0.717) is 15.6 Å². The molecule has 41 heavy (non-hydrogen) atoms. The van der Waals surface area contributed by atoms with Gasteiger partial charge in [-0.3, -0.25) is 19.2 Å². The first-order chi connectivity index (χ1) is 19.0. The Kier molecular flexibility index (Phi) is 12.2. The van der Waals surface area contributed by atoms with Crippen molar-refractivity contribution in [2.75, 3.05) is 6.54 Å². The Morgan fingerprint density at radius 2 is 1.59 bits per heavy atom. The molecular weight excluding hydrogens is 573 g/mol. The predicted octanol–water partition coefficient (Wildman–Crippen LogP) is 6.33. The van der Waals surface area contributed by atoms with Crippen molar-refractivity contribution in [3.8, 4) is 0 Å². The second kappa shape index (κ2) is 14.7. The number of nitrogens with one attached hydrogen (secondary N) is 2. The largest absolute Gasteiger partial charge is 0.381 e. The minimum absolute atomic E-state index is 0.0547. The molecule has 0 aliphatic carbocycles. The quantitative estimate of drug-likeness (QED) is 0.205. The molecule has 2 aromatic carbocycles. The van der Waals surface area contributed by atoms with E-state index >= 15 is 0 Å². The van der Waals surface area contributed by atoms with Gasteiger partial charge in [-0.1, -0.05) is 94.2 Å². The van der Waals surface area contributed by atoms with E-state index in [4.69, 9.17) is 23.2 Å². The summed E-state index contributed by atoms with van der Waals surface area (Å²) in [5.41, 5.74) is 0.844. The van der Waals surface area contributed by atoms with Crippen LogP contribution < -0.4 is 10.6 Å². The summed E-state index contributed by atoms with van der Waals surface area (Å²) in [4.78, 5) is 51.4. The minimum atomic E-state index is -4.32. The lowest BCUT2D eigenvalue weighted by Gasteiger charge is -2.27. The Bertz CT molecular complexity index is 1270. The molecule has 2 amide bonds. The Morgan fingerprint density at radius 1 is 0.951 bits per heavy atom. The van der Waals surface area contributed by atoms with E-state index in [1.54, 1.807) is 69.3 Å². The molecule has 0 aromatic heterocycles. The lowest BCUT2D eigenvalue weighted by molar-refractivity contribution is -0.163. The molecule has 0 radical (unpaired) electrons. The third kappa shape index (κ3) is 10.7. The lowest BCUT2D eigenvalue weighted by Crippen LogP contribution is -2.51. The number of ketones is 2. The van der Waals surface area contributed by atoms with Crippen LogP contribution in [0.25, 0.3) is 6.08 Å². The molecule has 2 atom stereocenters. The second-order valence-corrected chi connectivity index (χ2v) is 12.3. The number of carbonyl (C=O) groups is 4. The van der Waals surface area contributed by atoms with E-state index in [1.165, 1.54) is 26.0 Å². The van der Waals surface area contributed by atoms with E-state index in [2.05, 4.69) is 10.6 Å². The molecule has 0 unspecified atom stereocenters. The van der Waals surface area contributed by atoms with E-state index in [9.17, 15) is 28.0 Å². The summed E-state index contributed by atoms with van der Waals surface area (Å²) >= 11 is 11.9. The Labute approximate surface area is 249 Å². The smallest absolute Gasteiger partial charge is 0.350 e. The molecule has 0 aliphatic rings. The first-order valence-electron chi connectivity index (χ1n) is 13.2. The van der Waals surface area contributed by atoms with Crippen LogP contribution in [0, 0.1) is 17.3 Å². The Hall–Kier alpha value is -3.10. The van der Waals surface area contributed by atoms with Crippen molar-refractivity contribution in [2.45, 2.75) is 59.4 Å². The van der Waals surface area contributed by atoms with Crippen LogP contribution in [0.4, 0.5) is 8.78 Å². The highest BCUT2D eigenvalue weighted by Crippen LogP contribution is 2.28. The number of amides is 2. The summed E-state index contributed by atoms with van der Waals surface area (Å²) in [6.45, 7) is 8.27. The summed E-state index contributed by atoms with van der Waals surface area (Å²) in [5.74, 6) is -11.0. The highest BCUT2D eigenvalue weighted by molar-refractivity contribution is 6.42. The molecule has 2 N–H and O–H groups in total. The van der Waals surface area contributed by atoms with Crippen molar-refractivity contribution in [1.82, 2.24) is 10.6 Å². The maximum atomic E-state index is 15.0. The molecule has 222 valence electrons. The number of hydrogen-bond acceptors (Lipinski definition) is 4. The van der Waals surface area contributed by atoms with Crippen molar-refractivity contribution in [3.05, 3.63) is 75.8 Å². The number of halogens is 4. The summed E-state index contributed by atoms with van der Waals surface area (Å²) in [7, 11) is 0. The Morgan fingerprint density at radius 3 is 2.15 bits per heavy atom. The normalized spacial score (nSPS) is 13.6. The van der Waals surface area contributed by atoms with Crippen LogP contribution in [-0.4, -0.2) is 41.9 Å². The van der Waals surface area contributed by atoms with Gasteiger partial charge in [0.05, 0.1) is 16.1 Å². The van der Waals surface area contributed by atoms with Gasteiger partial charge < -0.3 is 10.6 Å². The van der Waals surface area contributed by atoms with E-state index in [1.807, 2.05) is 0 Å². The van der Waals surface area contributed by atoms with Gasteiger partial charge in [0.1, 0.15) is 0 Å². The minimum Gasteiger partial charge on any atom is -0.350 e. The van der Waals surface area contributed by atoms with Crippen LogP contribution in [0.5, 0.6) is 0 Å². The lowest BCUT2D eigenvalue weighted by atomic mass is 9.82. The van der Waals surface area contributed by atoms with Gasteiger partial charge in [0.2, 0.25) is 11.7 Å². The molecule has 0 saturated carbocycles. The number of carbonyl (C=O) groups excluding carboxylic acids is 4. The average Bonchev–Trinajstić information content (AvgIpc) is 2.90. The molecular formula is C31H36Cl2F2N2O4. The van der Waals surface area contributed by atoms with E-state index < -0.39 is 59.0 Å². The van der Waals surface area contributed by atoms with Crippen LogP contribution in [-0.2, 0) is 25.6 Å². The van der Waals surface area contributed by atoms with E-state index in [-0.39, 0.29) is 13.0 Å². The fourth-order valence-corrected chi connectivity index (χ4v) is 4.20. The van der Waals surface area contributed by atoms with Gasteiger partial charge in [-0.15, -0.1) is 0 Å². The summed E-state index contributed by atoms with van der Waals surface area (Å²) < 4.78 is 29.9. The van der Waals surface area contributed by atoms with Gasteiger partial charge in [-0.25, -0.2) is 0 Å². The molecule has 0 heterocycles. The van der Waals surface area contributed by atoms with E-state index in [0.717, 1.165) is 5.56 Å². The molecule has 0 fully saturated rings. The van der Waals surface area contributed by atoms with Gasteiger partial charge in [0.25, 0.3) is 5.91 Å². The molecule has 0 bridgehead atoms. The zero-order valence-corrected chi connectivity index (χ0v) is 25.3. The number of rotatable bonds is 13. The highest BCUT2D eigenvalue weighted by Gasteiger charge is 2.51. The fourth-order valence-electron chi connectivity index (χ4n) is 3.89. The van der Waals surface area contributed by atoms with Gasteiger partial charge in [-0.05, 0) is 47.1 Å². The zero-order chi connectivity index (χ0) is 31.0. The average molecular weight is 610 g/mol. The molecule has 6 nitrogen and oxygen atoms in total. The number of alkyl halides is 2. The van der Waals surface area contributed by atoms with Gasteiger partial charge >= 0.3 is 5.92 Å². The Balaban J connectivity index is 2.25. The maximum absolute atomic E-state index is 15.0. The molecule has 10 heteroatoms. The topological polar surface area (TPSA) is 92.3 Å². The maximum Gasteiger partial charge on any atom is 0.381 e. The van der Waals surface area contributed by atoms with Crippen LogP contribution in [0.15, 0.2) is 54.6 Å². The van der Waals surface area contributed by atoms with Crippen molar-refractivity contribution in [1.29, 1.82) is 0 Å². The van der Waals surface area contributed by atoms with Crippen molar-refractivity contribution >= 4 is 52.7 Å². The second-order valence-electron chi connectivity index (χ2n) is 11.5. The van der Waals surface area contributed by atoms with Crippen LogP contribution in [0.3, 0.4) is 0 Å². The monoisotopic (exact) mass is 608 g/mol. The van der Waals surface area contributed by atoms with Crippen LogP contribution in [0.2, 0.25) is 10.0 Å². The summed E-state index contributed by atoms with van der Waals surface area (Å²) in [6, 6.07) is 12.5. The highest BCUT2D eigenvalue weighted by atomic mass is 35.5. The molecule has 2 rings (SSSR count). The third-order valence-corrected chi connectivity index (χ3v) is 7.03. The van der Waals surface area contributed by atoms with Gasteiger partial charge in [0.15, 0.2) is 5.78 Å².